The molecule has 0 saturated heterocycles. The van der Waals surface area contributed by atoms with Crippen LogP contribution in [0.3, 0.4) is 0 Å². The van der Waals surface area contributed by atoms with E-state index in [1.165, 1.54) is 36.2 Å². The standard InChI is InChI=1S/C15H11BrFNO3/c1-18(13-5-3-2-4-10(13)15(20)21)14(19)9-6-7-12(17)11(16)8-9/h2-8H,1H3,(H,20,21). The third-order valence-electron chi connectivity index (χ3n) is 2.97. The lowest BCUT2D eigenvalue weighted by atomic mass is 10.1. The van der Waals surface area contributed by atoms with Gasteiger partial charge in [-0.1, -0.05) is 12.1 Å². The van der Waals surface area contributed by atoms with Crippen molar-refractivity contribution in [3.63, 3.8) is 0 Å². The Kier molecular flexibility index (Phi) is 4.37. The number of amides is 1. The minimum Gasteiger partial charge on any atom is -0.478 e. The number of halogens is 2. The summed E-state index contributed by atoms with van der Waals surface area (Å²) in [6.07, 6.45) is 0. The summed E-state index contributed by atoms with van der Waals surface area (Å²) in [6.45, 7) is 0. The number of hydrogen-bond donors (Lipinski definition) is 1. The molecule has 4 nitrogen and oxygen atoms in total. The molecule has 0 saturated carbocycles. The smallest absolute Gasteiger partial charge is 0.337 e. The summed E-state index contributed by atoms with van der Waals surface area (Å²) in [6, 6.07) is 10.1. The van der Waals surface area contributed by atoms with Gasteiger partial charge in [0, 0.05) is 12.6 Å². The number of carbonyl (C=O) groups is 2. The molecular weight excluding hydrogens is 341 g/mol. The minimum absolute atomic E-state index is 0.0227. The maximum absolute atomic E-state index is 13.2. The summed E-state index contributed by atoms with van der Waals surface area (Å²) >= 11 is 3.02. The number of carboxylic acid groups (broad SMARTS) is 1. The molecule has 21 heavy (non-hydrogen) atoms. The predicted octanol–water partition coefficient (Wildman–Crippen LogP) is 3.56. The van der Waals surface area contributed by atoms with Crippen molar-refractivity contribution in [3.05, 3.63) is 63.9 Å². The van der Waals surface area contributed by atoms with Crippen molar-refractivity contribution in [2.75, 3.05) is 11.9 Å². The normalized spacial score (nSPS) is 10.2. The van der Waals surface area contributed by atoms with Crippen molar-refractivity contribution in [3.8, 4) is 0 Å². The van der Waals surface area contributed by atoms with E-state index < -0.39 is 17.7 Å². The van der Waals surface area contributed by atoms with Gasteiger partial charge in [0.25, 0.3) is 5.91 Å². The highest BCUT2D eigenvalue weighted by atomic mass is 79.9. The van der Waals surface area contributed by atoms with Gasteiger partial charge in [0.15, 0.2) is 0 Å². The van der Waals surface area contributed by atoms with E-state index >= 15 is 0 Å². The predicted molar refractivity (Wildman–Crippen MR) is 80.2 cm³/mol. The van der Waals surface area contributed by atoms with Crippen LogP contribution in [0.5, 0.6) is 0 Å². The Morgan fingerprint density at radius 1 is 1.19 bits per heavy atom. The second-order valence-corrected chi connectivity index (χ2v) is 5.17. The lowest BCUT2D eigenvalue weighted by molar-refractivity contribution is 0.0697. The molecule has 1 N–H and O–H groups in total. The van der Waals surface area contributed by atoms with E-state index in [1.807, 2.05) is 0 Å². The first-order valence-corrected chi connectivity index (χ1v) is 6.76. The molecule has 2 aromatic carbocycles. The monoisotopic (exact) mass is 351 g/mol. The number of benzene rings is 2. The van der Waals surface area contributed by atoms with Gasteiger partial charge < -0.3 is 10.0 Å². The molecule has 0 atom stereocenters. The highest BCUT2D eigenvalue weighted by Crippen LogP contribution is 2.23. The van der Waals surface area contributed by atoms with Gasteiger partial charge in [0.05, 0.1) is 15.7 Å². The molecule has 0 aliphatic carbocycles. The summed E-state index contributed by atoms with van der Waals surface area (Å²) < 4.78 is 13.4. The second-order valence-electron chi connectivity index (χ2n) is 4.32. The van der Waals surface area contributed by atoms with Crippen molar-refractivity contribution < 1.29 is 19.1 Å². The number of anilines is 1. The molecule has 0 unspecified atom stereocenters. The quantitative estimate of drug-likeness (QED) is 0.919. The Morgan fingerprint density at radius 3 is 2.48 bits per heavy atom. The van der Waals surface area contributed by atoms with Crippen LogP contribution in [0, 0.1) is 5.82 Å². The van der Waals surface area contributed by atoms with E-state index in [2.05, 4.69) is 15.9 Å². The maximum atomic E-state index is 13.2. The largest absolute Gasteiger partial charge is 0.478 e. The van der Waals surface area contributed by atoms with Crippen LogP contribution < -0.4 is 4.90 Å². The second kappa shape index (κ2) is 6.05. The Hall–Kier alpha value is -2.21. The lowest BCUT2D eigenvalue weighted by Crippen LogP contribution is -2.28. The molecule has 0 aromatic heterocycles. The van der Waals surface area contributed by atoms with Gasteiger partial charge in [-0.05, 0) is 46.3 Å². The number of rotatable bonds is 3. The highest BCUT2D eigenvalue weighted by molar-refractivity contribution is 9.10. The van der Waals surface area contributed by atoms with Gasteiger partial charge in [-0.25, -0.2) is 9.18 Å². The Morgan fingerprint density at radius 2 is 1.86 bits per heavy atom. The number of nitrogens with zero attached hydrogens (tertiary/aromatic N) is 1. The first-order valence-electron chi connectivity index (χ1n) is 5.97. The third kappa shape index (κ3) is 3.11. The summed E-state index contributed by atoms with van der Waals surface area (Å²) in [5.74, 6) is -2.02. The van der Waals surface area contributed by atoms with Crippen molar-refractivity contribution in [1.29, 1.82) is 0 Å². The molecule has 108 valence electrons. The molecule has 1 amide bonds. The number of aromatic carboxylic acids is 1. The zero-order valence-electron chi connectivity index (χ0n) is 11.0. The summed E-state index contributed by atoms with van der Waals surface area (Å²) in [5.41, 5.74) is 0.552. The van der Waals surface area contributed by atoms with Crippen molar-refractivity contribution >= 4 is 33.5 Å². The van der Waals surface area contributed by atoms with Crippen LogP contribution in [-0.2, 0) is 0 Å². The van der Waals surface area contributed by atoms with Crippen molar-refractivity contribution in [2.45, 2.75) is 0 Å². The van der Waals surface area contributed by atoms with E-state index in [4.69, 9.17) is 5.11 Å². The number of carboxylic acids is 1. The molecule has 0 radical (unpaired) electrons. The van der Waals surface area contributed by atoms with Crippen LogP contribution >= 0.6 is 15.9 Å². The molecule has 0 spiro atoms. The van der Waals surface area contributed by atoms with E-state index in [1.54, 1.807) is 18.2 Å². The average Bonchev–Trinajstić information content (AvgIpc) is 2.48. The van der Waals surface area contributed by atoms with Crippen LogP contribution in [0.4, 0.5) is 10.1 Å². The fraction of sp³-hybridized carbons (Fsp3) is 0.0667. The molecular formula is C15H11BrFNO3. The average molecular weight is 352 g/mol. The van der Waals surface area contributed by atoms with Crippen LogP contribution in [0.25, 0.3) is 0 Å². The molecule has 6 heteroatoms. The number of para-hydroxylation sites is 1. The van der Waals surface area contributed by atoms with Gasteiger partial charge in [-0.3, -0.25) is 4.79 Å². The van der Waals surface area contributed by atoms with Gasteiger partial charge in [0.2, 0.25) is 0 Å². The van der Waals surface area contributed by atoms with Gasteiger partial charge in [0.1, 0.15) is 5.82 Å². The Balaban J connectivity index is 2.40. The van der Waals surface area contributed by atoms with Gasteiger partial charge >= 0.3 is 5.97 Å². The van der Waals surface area contributed by atoms with E-state index in [-0.39, 0.29) is 21.3 Å². The number of carbonyl (C=O) groups excluding carboxylic acids is 1. The maximum Gasteiger partial charge on any atom is 0.337 e. The summed E-state index contributed by atoms with van der Waals surface area (Å²) in [4.78, 5) is 24.8. The summed E-state index contributed by atoms with van der Waals surface area (Å²) in [5, 5.41) is 9.15. The van der Waals surface area contributed by atoms with Gasteiger partial charge in [-0.2, -0.15) is 0 Å². The first kappa shape index (κ1) is 15.2. The SMILES string of the molecule is CN(C(=O)c1ccc(F)c(Br)c1)c1ccccc1C(=O)O. The highest BCUT2D eigenvalue weighted by Gasteiger charge is 2.19. The Bertz CT molecular complexity index is 718. The fourth-order valence-electron chi connectivity index (χ4n) is 1.88. The van der Waals surface area contributed by atoms with Crippen LogP contribution in [-0.4, -0.2) is 24.0 Å². The molecule has 0 aliphatic rings. The zero-order valence-corrected chi connectivity index (χ0v) is 12.6. The topological polar surface area (TPSA) is 57.6 Å². The first-order chi connectivity index (χ1) is 9.91. The minimum atomic E-state index is -1.12. The third-order valence-corrected chi connectivity index (χ3v) is 3.57. The Labute approximate surface area is 128 Å². The molecule has 0 bridgehead atoms. The van der Waals surface area contributed by atoms with Crippen LogP contribution in [0.1, 0.15) is 20.7 Å². The van der Waals surface area contributed by atoms with Gasteiger partial charge in [-0.15, -0.1) is 0 Å². The van der Waals surface area contributed by atoms with Crippen LogP contribution in [0.15, 0.2) is 46.9 Å². The van der Waals surface area contributed by atoms with E-state index in [9.17, 15) is 14.0 Å². The van der Waals surface area contributed by atoms with Crippen molar-refractivity contribution in [2.24, 2.45) is 0 Å². The van der Waals surface area contributed by atoms with E-state index in [0.717, 1.165) is 0 Å². The summed E-state index contributed by atoms with van der Waals surface area (Å²) in [7, 11) is 1.47. The zero-order chi connectivity index (χ0) is 15.6. The van der Waals surface area contributed by atoms with Crippen LogP contribution in [0.2, 0.25) is 0 Å². The van der Waals surface area contributed by atoms with E-state index in [0.29, 0.717) is 0 Å². The molecule has 0 aliphatic heterocycles. The molecule has 0 fully saturated rings. The fourth-order valence-corrected chi connectivity index (χ4v) is 2.26. The molecule has 0 heterocycles. The number of hydrogen-bond acceptors (Lipinski definition) is 2. The van der Waals surface area contributed by atoms with Crippen molar-refractivity contribution in [1.82, 2.24) is 0 Å². The lowest BCUT2D eigenvalue weighted by Gasteiger charge is -2.19. The molecule has 2 rings (SSSR count). The molecule has 2 aromatic rings.